The third-order valence-corrected chi connectivity index (χ3v) is 4.97. The molecule has 126 valence electrons. The zero-order chi connectivity index (χ0) is 16.6. The smallest absolute Gasteiger partial charge is 0.276 e. The van der Waals surface area contributed by atoms with Crippen LogP contribution in [0.3, 0.4) is 0 Å². The van der Waals surface area contributed by atoms with E-state index in [0.29, 0.717) is 44.5 Å². The number of amides is 1. The second kappa shape index (κ2) is 5.99. The molecular weight excluding hydrogens is 308 g/mol. The number of aromatic nitrogens is 3. The Balaban J connectivity index is 1.52. The zero-order valence-corrected chi connectivity index (χ0v) is 13.6. The van der Waals surface area contributed by atoms with Crippen molar-refractivity contribution in [2.24, 2.45) is 11.3 Å². The van der Waals surface area contributed by atoms with Gasteiger partial charge in [-0.2, -0.15) is 0 Å². The molecule has 1 amide bonds. The van der Waals surface area contributed by atoms with Crippen LogP contribution in [0.1, 0.15) is 10.5 Å². The number of para-hydroxylation sites is 1. The normalized spacial score (nSPS) is 25.9. The third-order valence-electron chi connectivity index (χ3n) is 4.97. The highest BCUT2D eigenvalue weighted by molar-refractivity contribution is 5.92. The van der Waals surface area contributed by atoms with Gasteiger partial charge in [0.15, 0.2) is 5.69 Å². The van der Waals surface area contributed by atoms with Gasteiger partial charge in [-0.25, -0.2) is 4.68 Å². The van der Waals surface area contributed by atoms with Crippen LogP contribution >= 0.6 is 0 Å². The highest BCUT2D eigenvalue weighted by Gasteiger charge is 2.52. The maximum absolute atomic E-state index is 12.8. The van der Waals surface area contributed by atoms with Crippen LogP contribution in [-0.2, 0) is 9.47 Å². The van der Waals surface area contributed by atoms with Gasteiger partial charge in [-0.3, -0.25) is 4.79 Å². The topological polar surface area (TPSA) is 69.5 Å². The fourth-order valence-electron chi connectivity index (χ4n) is 3.71. The lowest BCUT2D eigenvalue weighted by Crippen LogP contribution is -2.37. The largest absolute Gasteiger partial charge is 0.384 e. The van der Waals surface area contributed by atoms with Crippen molar-refractivity contribution in [1.82, 2.24) is 19.9 Å². The molecule has 7 nitrogen and oxygen atoms in total. The van der Waals surface area contributed by atoms with E-state index in [1.807, 2.05) is 35.2 Å². The van der Waals surface area contributed by atoms with Crippen molar-refractivity contribution < 1.29 is 14.3 Å². The van der Waals surface area contributed by atoms with Gasteiger partial charge in [-0.1, -0.05) is 23.4 Å². The first-order valence-electron chi connectivity index (χ1n) is 8.06. The van der Waals surface area contributed by atoms with Crippen molar-refractivity contribution in [2.75, 3.05) is 40.0 Å². The van der Waals surface area contributed by atoms with E-state index in [2.05, 4.69) is 10.3 Å². The van der Waals surface area contributed by atoms with E-state index in [-0.39, 0.29) is 11.3 Å². The Labute approximate surface area is 140 Å². The molecule has 0 spiro atoms. The molecule has 0 saturated carbocycles. The molecule has 2 fully saturated rings. The molecule has 3 heterocycles. The van der Waals surface area contributed by atoms with Crippen LogP contribution < -0.4 is 0 Å². The van der Waals surface area contributed by atoms with E-state index < -0.39 is 0 Å². The number of benzene rings is 1. The summed E-state index contributed by atoms with van der Waals surface area (Å²) >= 11 is 0. The number of carbonyl (C=O) groups is 1. The molecule has 2 atom stereocenters. The van der Waals surface area contributed by atoms with Crippen LogP contribution in [0.25, 0.3) is 5.69 Å². The third kappa shape index (κ3) is 2.50. The predicted molar refractivity (Wildman–Crippen MR) is 85.9 cm³/mol. The molecule has 4 rings (SSSR count). The first-order valence-corrected chi connectivity index (χ1v) is 8.06. The number of hydrogen-bond acceptors (Lipinski definition) is 5. The number of ether oxygens (including phenoxy) is 2. The molecule has 0 aliphatic carbocycles. The van der Waals surface area contributed by atoms with E-state index >= 15 is 0 Å². The lowest BCUT2D eigenvalue weighted by molar-refractivity contribution is 0.0487. The van der Waals surface area contributed by atoms with E-state index in [4.69, 9.17) is 9.47 Å². The summed E-state index contributed by atoms with van der Waals surface area (Å²) in [6, 6.07) is 9.64. The first-order chi connectivity index (χ1) is 11.7. The number of fused-ring (bicyclic) bond motifs is 1. The number of methoxy groups -OCH3 is 1. The Hall–Kier alpha value is -2.25. The van der Waals surface area contributed by atoms with Gasteiger partial charge in [-0.15, -0.1) is 5.10 Å². The molecule has 1 aromatic heterocycles. The summed E-state index contributed by atoms with van der Waals surface area (Å²) in [6.07, 6.45) is 1.69. The number of hydrogen-bond donors (Lipinski definition) is 0. The maximum atomic E-state index is 12.8. The standard InChI is InChI=1S/C17H20N4O3/c1-23-11-17-10-20(7-13(17)9-24-12-17)16(22)15-8-21(19-18-15)14-5-3-2-4-6-14/h2-6,8,13H,7,9-12H2,1H3/t13-,17-/m0/s1. The van der Waals surface area contributed by atoms with Crippen molar-refractivity contribution in [2.45, 2.75) is 0 Å². The van der Waals surface area contributed by atoms with Gasteiger partial charge in [0.2, 0.25) is 0 Å². The minimum atomic E-state index is -0.0835. The lowest BCUT2D eigenvalue weighted by Gasteiger charge is -2.25. The number of rotatable bonds is 4. The van der Waals surface area contributed by atoms with Crippen molar-refractivity contribution in [3.63, 3.8) is 0 Å². The second-order valence-corrected chi connectivity index (χ2v) is 6.58. The first kappa shape index (κ1) is 15.3. The van der Waals surface area contributed by atoms with E-state index in [1.165, 1.54) is 0 Å². The Morgan fingerprint density at radius 1 is 1.42 bits per heavy atom. The van der Waals surface area contributed by atoms with Crippen LogP contribution in [0.15, 0.2) is 36.5 Å². The number of carbonyl (C=O) groups excluding carboxylic acids is 1. The van der Waals surface area contributed by atoms with Crippen molar-refractivity contribution in [1.29, 1.82) is 0 Å². The molecule has 7 heteroatoms. The summed E-state index contributed by atoms with van der Waals surface area (Å²) in [5.74, 6) is 0.243. The van der Waals surface area contributed by atoms with Crippen LogP contribution in [0.5, 0.6) is 0 Å². The molecule has 24 heavy (non-hydrogen) atoms. The van der Waals surface area contributed by atoms with E-state index in [0.717, 1.165) is 5.69 Å². The zero-order valence-electron chi connectivity index (χ0n) is 13.6. The highest BCUT2D eigenvalue weighted by Crippen LogP contribution is 2.41. The van der Waals surface area contributed by atoms with Gasteiger partial charge in [0.05, 0.1) is 31.7 Å². The minimum Gasteiger partial charge on any atom is -0.384 e. The molecule has 2 aliphatic rings. The summed E-state index contributed by atoms with van der Waals surface area (Å²) in [5.41, 5.74) is 1.17. The van der Waals surface area contributed by atoms with Crippen LogP contribution in [0, 0.1) is 11.3 Å². The molecule has 2 saturated heterocycles. The average molecular weight is 328 g/mol. The van der Waals surface area contributed by atoms with Gasteiger partial charge in [0.25, 0.3) is 5.91 Å². The van der Waals surface area contributed by atoms with E-state index in [1.54, 1.807) is 18.0 Å². The Morgan fingerprint density at radius 2 is 2.25 bits per heavy atom. The van der Waals surface area contributed by atoms with Gasteiger partial charge in [0, 0.05) is 31.5 Å². The van der Waals surface area contributed by atoms with Crippen LogP contribution in [-0.4, -0.2) is 65.8 Å². The molecule has 0 unspecified atom stereocenters. The molecule has 0 N–H and O–H groups in total. The fraction of sp³-hybridized carbons (Fsp3) is 0.471. The summed E-state index contributed by atoms with van der Waals surface area (Å²) in [6.45, 7) is 3.26. The molecule has 2 aromatic rings. The molecular formula is C17H20N4O3. The molecule has 1 aromatic carbocycles. The van der Waals surface area contributed by atoms with Gasteiger partial charge in [-0.05, 0) is 12.1 Å². The number of nitrogens with zero attached hydrogens (tertiary/aromatic N) is 4. The van der Waals surface area contributed by atoms with Gasteiger partial charge >= 0.3 is 0 Å². The fourth-order valence-corrected chi connectivity index (χ4v) is 3.71. The number of likely N-dealkylation sites (tertiary alicyclic amines) is 1. The minimum absolute atomic E-state index is 0.0814. The lowest BCUT2D eigenvalue weighted by atomic mass is 9.82. The highest BCUT2D eigenvalue weighted by atomic mass is 16.5. The Morgan fingerprint density at radius 3 is 3.04 bits per heavy atom. The summed E-state index contributed by atoms with van der Waals surface area (Å²) in [5, 5.41) is 8.13. The predicted octanol–water partition coefficient (Wildman–Crippen LogP) is 1.00. The second-order valence-electron chi connectivity index (χ2n) is 6.58. The van der Waals surface area contributed by atoms with E-state index in [9.17, 15) is 4.79 Å². The van der Waals surface area contributed by atoms with Crippen molar-refractivity contribution >= 4 is 5.91 Å². The SMILES string of the molecule is COC[C@@]12COC[C@@H]1CN(C(=O)c1cn(-c3ccccc3)nn1)C2. The summed E-state index contributed by atoms with van der Waals surface area (Å²) in [4.78, 5) is 14.7. The Bertz CT molecular complexity index is 732. The average Bonchev–Trinajstić information content (AvgIpc) is 3.29. The van der Waals surface area contributed by atoms with Crippen LogP contribution in [0.4, 0.5) is 0 Å². The molecule has 2 aliphatic heterocycles. The summed E-state index contributed by atoms with van der Waals surface area (Å²) in [7, 11) is 1.69. The van der Waals surface area contributed by atoms with Crippen molar-refractivity contribution in [3.8, 4) is 5.69 Å². The Kier molecular flexibility index (Phi) is 3.82. The molecule has 0 bridgehead atoms. The van der Waals surface area contributed by atoms with Crippen LogP contribution in [0.2, 0.25) is 0 Å². The van der Waals surface area contributed by atoms with Gasteiger partial charge < -0.3 is 14.4 Å². The summed E-state index contributed by atoms with van der Waals surface area (Å²) < 4.78 is 12.6. The quantitative estimate of drug-likeness (QED) is 0.837. The van der Waals surface area contributed by atoms with Gasteiger partial charge in [0.1, 0.15) is 0 Å². The monoisotopic (exact) mass is 328 g/mol. The maximum Gasteiger partial charge on any atom is 0.276 e. The van der Waals surface area contributed by atoms with Crippen molar-refractivity contribution in [3.05, 3.63) is 42.2 Å². The molecule has 0 radical (unpaired) electrons.